The Hall–Kier alpha value is -2.98. The summed E-state index contributed by atoms with van der Waals surface area (Å²) in [7, 11) is 2.00. The van der Waals surface area contributed by atoms with E-state index in [9.17, 15) is 15.0 Å². The number of aliphatic hydroxyl groups excluding tert-OH is 2. The summed E-state index contributed by atoms with van der Waals surface area (Å²) in [5.41, 5.74) is 6.41. The molecule has 4 aromatic carbocycles. The van der Waals surface area contributed by atoms with E-state index in [1.165, 1.54) is 0 Å². The van der Waals surface area contributed by atoms with Crippen LogP contribution in [0.1, 0.15) is 59.7 Å². The maximum Gasteiger partial charge on any atom is 0.272 e. The van der Waals surface area contributed by atoms with Crippen LogP contribution >= 0.6 is 34.8 Å². The summed E-state index contributed by atoms with van der Waals surface area (Å²) in [6.45, 7) is 2.81. The lowest BCUT2D eigenvalue weighted by atomic mass is 9.98. The summed E-state index contributed by atoms with van der Waals surface area (Å²) >= 11 is 17.0. The van der Waals surface area contributed by atoms with Gasteiger partial charge in [-0.25, -0.2) is 0 Å². The third kappa shape index (κ3) is 9.34. The number of ether oxygens (including phenoxy) is 2. The standard InChI is InChI=1S/C37H39Cl3N2O5/c1-24(34(44)29-8-4-3-5-9-29)42(2)22-32-20-33(28-13-11-25(23-43)12-14-28)47-35(46-32)30-17-15-27(16-18-30)31-10-6-7-26(19-31)21-41-36(45)37(38,39)40/h3-19,24,32-35,43-44H,20-23H2,1-2H3,(H,41,45)/t24-,32-,33+,34-,35+/m1/s1. The zero-order chi connectivity index (χ0) is 33.6. The largest absolute Gasteiger partial charge is 0.392 e. The number of aliphatic hydroxyl groups is 2. The van der Waals surface area contributed by atoms with E-state index in [2.05, 4.69) is 10.2 Å². The number of likely N-dealkylation sites (N-methyl/N-ethyl adjacent to an activating group) is 1. The number of nitrogens with zero attached hydrogens (tertiary/aromatic N) is 1. The molecule has 0 aliphatic carbocycles. The van der Waals surface area contributed by atoms with Crippen molar-refractivity contribution in [3.8, 4) is 11.1 Å². The number of carbonyl (C=O) groups is 1. The number of carbonyl (C=O) groups excluding carboxylic acids is 1. The molecule has 1 amide bonds. The summed E-state index contributed by atoms with van der Waals surface area (Å²) in [5.74, 6) is -0.682. The number of benzene rings is 4. The Kier molecular flexibility index (Phi) is 12.0. The summed E-state index contributed by atoms with van der Waals surface area (Å²) < 4.78 is 11.1. The summed E-state index contributed by atoms with van der Waals surface area (Å²) in [6.07, 6.45) is -1.03. The van der Waals surface area contributed by atoms with Crippen LogP contribution in [0, 0.1) is 0 Å². The fourth-order valence-electron chi connectivity index (χ4n) is 5.67. The van der Waals surface area contributed by atoms with Crippen molar-refractivity contribution in [3.05, 3.63) is 131 Å². The lowest BCUT2D eigenvalue weighted by molar-refractivity contribution is -0.253. The minimum Gasteiger partial charge on any atom is -0.392 e. The number of rotatable bonds is 11. The van der Waals surface area contributed by atoms with Crippen molar-refractivity contribution in [2.45, 2.75) is 60.9 Å². The van der Waals surface area contributed by atoms with Crippen molar-refractivity contribution in [2.75, 3.05) is 13.6 Å². The Morgan fingerprint density at radius 2 is 1.57 bits per heavy atom. The zero-order valence-electron chi connectivity index (χ0n) is 26.2. The highest BCUT2D eigenvalue weighted by Crippen LogP contribution is 2.39. The number of hydrogen-bond donors (Lipinski definition) is 3. The van der Waals surface area contributed by atoms with Crippen molar-refractivity contribution < 1.29 is 24.5 Å². The van der Waals surface area contributed by atoms with E-state index in [1.807, 2.05) is 117 Å². The van der Waals surface area contributed by atoms with Crippen molar-refractivity contribution in [3.63, 3.8) is 0 Å². The van der Waals surface area contributed by atoms with Crippen LogP contribution in [0.3, 0.4) is 0 Å². The highest BCUT2D eigenvalue weighted by atomic mass is 35.6. The normalized spacial score (nSPS) is 19.7. The number of alkyl halides is 3. The Balaban J connectivity index is 1.32. The quantitative estimate of drug-likeness (QED) is 0.141. The van der Waals surface area contributed by atoms with E-state index in [0.29, 0.717) is 13.0 Å². The second kappa shape index (κ2) is 15.9. The van der Waals surface area contributed by atoms with Crippen LogP contribution in [0.4, 0.5) is 0 Å². The maximum atomic E-state index is 12.0. The fourth-order valence-corrected chi connectivity index (χ4v) is 5.87. The van der Waals surface area contributed by atoms with Crippen LogP contribution < -0.4 is 5.32 Å². The van der Waals surface area contributed by atoms with Gasteiger partial charge in [-0.05, 0) is 53.4 Å². The van der Waals surface area contributed by atoms with Crippen LogP contribution in [-0.2, 0) is 27.4 Å². The van der Waals surface area contributed by atoms with E-state index in [0.717, 1.165) is 38.9 Å². The number of halogens is 3. The van der Waals surface area contributed by atoms with Crippen LogP contribution in [0.5, 0.6) is 0 Å². The molecule has 0 saturated carbocycles. The first-order valence-corrected chi connectivity index (χ1v) is 16.6. The van der Waals surface area contributed by atoms with Crippen molar-refractivity contribution in [1.29, 1.82) is 0 Å². The molecule has 5 rings (SSSR count). The van der Waals surface area contributed by atoms with Gasteiger partial charge in [0.15, 0.2) is 6.29 Å². The molecule has 47 heavy (non-hydrogen) atoms. The van der Waals surface area contributed by atoms with E-state index in [4.69, 9.17) is 44.3 Å². The molecule has 4 aromatic rings. The Morgan fingerprint density at radius 3 is 2.23 bits per heavy atom. The molecule has 0 aromatic heterocycles. The van der Waals surface area contributed by atoms with Gasteiger partial charge in [0, 0.05) is 31.1 Å². The Morgan fingerprint density at radius 1 is 0.894 bits per heavy atom. The molecule has 1 aliphatic heterocycles. The SMILES string of the molecule is C[C@H]([C@@H](O)c1ccccc1)N(C)C[C@H]1C[C@@H](c2ccc(CO)cc2)O[C@@H](c2ccc(-c3cccc(CNC(=O)C(Cl)(Cl)Cl)c3)cc2)O1. The van der Waals surface area contributed by atoms with E-state index < -0.39 is 22.1 Å². The zero-order valence-corrected chi connectivity index (χ0v) is 28.5. The molecule has 3 N–H and O–H groups in total. The molecule has 0 spiro atoms. The molecule has 7 nitrogen and oxygen atoms in total. The topological polar surface area (TPSA) is 91.3 Å². The van der Waals surface area contributed by atoms with Gasteiger partial charge < -0.3 is 25.0 Å². The van der Waals surface area contributed by atoms with Crippen LogP contribution in [-0.4, -0.2) is 50.6 Å². The lowest BCUT2D eigenvalue weighted by Crippen LogP contribution is -2.43. The van der Waals surface area contributed by atoms with E-state index >= 15 is 0 Å². The molecule has 0 unspecified atom stereocenters. The monoisotopic (exact) mass is 696 g/mol. The van der Waals surface area contributed by atoms with Gasteiger partial charge in [0.05, 0.1) is 24.9 Å². The molecule has 0 bridgehead atoms. The van der Waals surface area contributed by atoms with Gasteiger partial charge in [-0.2, -0.15) is 0 Å². The van der Waals surface area contributed by atoms with Gasteiger partial charge in [0.1, 0.15) is 0 Å². The van der Waals surface area contributed by atoms with Crippen LogP contribution in [0.25, 0.3) is 11.1 Å². The third-order valence-corrected chi connectivity index (χ3v) is 9.07. The minimum absolute atomic E-state index is 0.0224. The highest BCUT2D eigenvalue weighted by Gasteiger charge is 2.34. The molecule has 1 saturated heterocycles. The van der Waals surface area contributed by atoms with Gasteiger partial charge in [-0.1, -0.05) is 132 Å². The average Bonchev–Trinajstić information content (AvgIpc) is 3.10. The van der Waals surface area contributed by atoms with Crippen molar-refractivity contribution in [2.24, 2.45) is 0 Å². The second-order valence-electron chi connectivity index (χ2n) is 11.9. The number of hydrogen-bond acceptors (Lipinski definition) is 6. The van der Waals surface area contributed by atoms with E-state index in [1.54, 1.807) is 0 Å². The maximum absolute atomic E-state index is 12.0. The molecule has 1 heterocycles. The molecule has 10 heteroatoms. The molecule has 1 fully saturated rings. The number of nitrogens with one attached hydrogen (secondary N) is 1. The predicted octanol–water partition coefficient (Wildman–Crippen LogP) is 7.43. The molecule has 248 valence electrons. The van der Waals surface area contributed by atoms with Crippen molar-refractivity contribution in [1.82, 2.24) is 10.2 Å². The van der Waals surface area contributed by atoms with Crippen LogP contribution in [0.2, 0.25) is 0 Å². The first kappa shape index (κ1) is 35.3. The molecular weight excluding hydrogens is 659 g/mol. The average molecular weight is 698 g/mol. The van der Waals surface area contributed by atoms with E-state index in [-0.39, 0.29) is 31.4 Å². The summed E-state index contributed by atoms with van der Waals surface area (Å²) in [4.78, 5) is 14.1. The predicted molar refractivity (Wildman–Crippen MR) is 186 cm³/mol. The van der Waals surface area contributed by atoms with Gasteiger partial charge in [-0.15, -0.1) is 0 Å². The molecular formula is C37H39Cl3N2O5. The van der Waals surface area contributed by atoms with Gasteiger partial charge in [0.25, 0.3) is 9.70 Å². The fraction of sp³-hybridized carbons (Fsp3) is 0.324. The van der Waals surface area contributed by atoms with Gasteiger partial charge >= 0.3 is 0 Å². The minimum atomic E-state index is -2.02. The first-order chi connectivity index (χ1) is 22.5. The second-order valence-corrected chi connectivity index (χ2v) is 14.2. The molecule has 5 atom stereocenters. The summed E-state index contributed by atoms with van der Waals surface area (Å²) in [6, 6.07) is 33.1. The number of amides is 1. The molecule has 1 aliphatic rings. The smallest absolute Gasteiger partial charge is 0.272 e. The Bertz CT molecular complexity index is 1600. The third-order valence-electron chi connectivity index (χ3n) is 8.55. The molecule has 0 radical (unpaired) electrons. The lowest BCUT2D eigenvalue weighted by Gasteiger charge is -2.39. The van der Waals surface area contributed by atoms with Gasteiger partial charge in [0.2, 0.25) is 0 Å². The first-order valence-electron chi connectivity index (χ1n) is 15.5. The Labute approximate surface area is 291 Å². The summed E-state index contributed by atoms with van der Waals surface area (Å²) in [5, 5.41) is 23.2. The van der Waals surface area contributed by atoms with Gasteiger partial charge in [-0.3, -0.25) is 9.69 Å². The van der Waals surface area contributed by atoms with Crippen molar-refractivity contribution >= 4 is 40.7 Å². The highest BCUT2D eigenvalue weighted by molar-refractivity contribution is 6.76. The van der Waals surface area contributed by atoms with Crippen LogP contribution in [0.15, 0.2) is 103 Å².